The van der Waals surface area contributed by atoms with E-state index in [9.17, 15) is 9.18 Å². The van der Waals surface area contributed by atoms with Crippen LogP contribution in [0, 0.1) is 19.7 Å². The fraction of sp³-hybridized carbons (Fsp3) is 0.375. The minimum atomic E-state index is -0.278. The summed E-state index contributed by atoms with van der Waals surface area (Å²) in [7, 11) is 0. The number of nitrogens with one attached hydrogen (secondary N) is 2. The summed E-state index contributed by atoms with van der Waals surface area (Å²) in [6.45, 7) is 5.89. The van der Waals surface area contributed by atoms with Gasteiger partial charge < -0.3 is 19.9 Å². The Balaban J connectivity index is 1.41. The maximum Gasteiger partial charge on any atom is 0.234 e. The van der Waals surface area contributed by atoms with Gasteiger partial charge in [-0.25, -0.2) is 4.39 Å². The number of hydrogen-bond acceptors (Lipinski definition) is 6. The first kappa shape index (κ1) is 23.3. The molecule has 33 heavy (non-hydrogen) atoms. The van der Waals surface area contributed by atoms with Crippen LogP contribution in [0.25, 0.3) is 0 Å². The van der Waals surface area contributed by atoms with E-state index in [0.717, 1.165) is 42.2 Å². The molecule has 1 unspecified atom stereocenters. The van der Waals surface area contributed by atoms with E-state index in [4.69, 9.17) is 4.74 Å². The Morgan fingerprint density at radius 1 is 1.15 bits per heavy atom. The summed E-state index contributed by atoms with van der Waals surface area (Å²) in [5.74, 6) is 0.592. The van der Waals surface area contributed by atoms with Crippen molar-refractivity contribution in [3.05, 3.63) is 65.2 Å². The third kappa shape index (κ3) is 6.33. The lowest BCUT2D eigenvalue weighted by atomic mass is 10.1. The monoisotopic (exact) mass is 469 g/mol. The first-order valence-electron chi connectivity index (χ1n) is 11.0. The van der Waals surface area contributed by atoms with Crippen molar-refractivity contribution < 1.29 is 13.9 Å². The lowest BCUT2D eigenvalue weighted by molar-refractivity contribution is -0.113. The number of halogens is 1. The van der Waals surface area contributed by atoms with E-state index >= 15 is 0 Å². The standard InChI is InChI=1S/C24H28FN5O2S/c1-16-5-8-20(12-17(16)2)27-23(31)15-33-24-29-28-22(30(24)14-21-4-3-11-32-21)13-26-19-9-6-18(25)7-10-19/h5-10,12,21,26H,3-4,11,13-15H2,1-2H3,(H,27,31). The van der Waals surface area contributed by atoms with Crippen LogP contribution in [0.15, 0.2) is 47.6 Å². The van der Waals surface area contributed by atoms with E-state index < -0.39 is 0 Å². The van der Waals surface area contributed by atoms with Crippen LogP contribution < -0.4 is 10.6 Å². The smallest absolute Gasteiger partial charge is 0.234 e. The third-order valence-corrected chi connectivity index (χ3v) is 6.59. The SMILES string of the molecule is Cc1ccc(NC(=O)CSc2nnc(CNc3ccc(F)cc3)n2CC2CCCO2)cc1C. The molecule has 2 N–H and O–H groups in total. The summed E-state index contributed by atoms with van der Waals surface area (Å²) >= 11 is 1.35. The number of amides is 1. The lowest BCUT2D eigenvalue weighted by Gasteiger charge is -2.15. The number of thioether (sulfide) groups is 1. The number of carbonyl (C=O) groups is 1. The second-order valence-electron chi connectivity index (χ2n) is 8.14. The molecule has 0 bridgehead atoms. The van der Waals surface area contributed by atoms with Gasteiger partial charge in [-0.15, -0.1) is 10.2 Å². The second kappa shape index (κ2) is 10.8. The van der Waals surface area contributed by atoms with Gasteiger partial charge >= 0.3 is 0 Å². The Bertz CT molecular complexity index is 1100. The van der Waals surface area contributed by atoms with Gasteiger partial charge in [-0.3, -0.25) is 4.79 Å². The largest absolute Gasteiger partial charge is 0.378 e. The highest BCUT2D eigenvalue weighted by molar-refractivity contribution is 7.99. The Morgan fingerprint density at radius 2 is 1.94 bits per heavy atom. The number of rotatable bonds is 9. The fourth-order valence-corrected chi connectivity index (χ4v) is 4.39. The van der Waals surface area contributed by atoms with E-state index in [0.29, 0.717) is 18.2 Å². The van der Waals surface area contributed by atoms with E-state index in [1.807, 2.05) is 36.6 Å². The maximum absolute atomic E-state index is 13.2. The number of hydrogen-bond donors (Lipinski definition) is 2. The molecule has 0 aliphatic carbocycles. The molecular weight excluding hydrogens is 441 g/mol. The van der Waals surface area contributed by atoms with Crippen LogP contribution in [0.2, 0.25) is 0 Å². The van der Waals surface area contributed by atoms with Crippen molar-refractivity contribution in [3.8, 4) is 0 Å². The number of nitrogens with zero attached hydrogens (tertiary/aromatic N) is 3. The predicted octanol–water partition coefficient (Wildman–Crippen LogP) is 4.56. The van der Waals surface area contributed by atoms with Crippen molar-refractivity contribution >= 4 is 29.0 Å². The number of ether oxygens (including phenoxy) is 1. The molecule has 2 heterocycles. The Hall–Kier alpha value is -2.91. The van der Waals surface area contributed by atoms with Gasteiger partial charge in [0.15, 0.2) is 11.0 Å². The van der Waals surface area contributed by atoms with Gasteiger partial charge in [0.05, 0.1) is 24.9 Å². The molecule has 1 aliphatic heterocycles. The Kier molecular flexibility index (Phi) is 7.61. The van der Waals surface area contributed by atoms with Crippen molar-refractivity contribution in [2.75, 3.05) is 23.0 Å². The molecule has 2 aromatic carbocycles. The van der Waals surface area contributed by atoms with Crippen molar-refractivity contribution in [2.45, 2.75) is 51.0 Å². The third-order valence-electron chi connectivity index (χ3n) is 5.62. The van der Waals surface area contributed by atoms with Gasteiger partial charge in [-0.1, -0.05) is 17.8 Å². The number of aryl methyl sites for hydroxylation is 2. The van der Waals surface area contributed by atoms with Crippen LogP contribution in [0.3, 0.4) is 0 Å². The molecule has 4 rings (SSSR count). The molecular formula is C24H28FN5O2S. The van der Waals surface area contributed by atoms with Crippen LogP contribution in [0.4, 0.5) is 15.8 Å². The van der Waals surface area contributed by atoms with Gasteiger partial charge in [-0.2, -0.15) is 0 Å². The average molecular weight is 470 g/mol. The molecule has 0 radical (unpaired) electrons. The normalized spacial score (nSPS) is 15.5. The van der Waals surface area contributed by atoms with Crippen molar-refractivity contribution in [1.82, 2.24) is 14.8 Å². The molecule has 7 nitrogen and oxygen atoms in total. The highest BCUT2D eigenvalue weighted by atomic mass is 32.2. The summed E-state index contributed by atoms with van der Waals surface area (Å²) in [6, 6.07) is 12.1. The highest BCUT2D eigenvalue weighted by Gasteiger charge is 2.21. The summed E-state index contributed by atoms with van der Waals surface area (Å²) < 4.78 is 21.0. The number of benzene rings is 2. The predicted molar refractivity (Wildman–Crippen MR) is 128 cm³/mol. The summed E-state index contributed by atoms with van der Waals surface area (Å²) in [5.41, 5.74) is 3.90. The van der Waals surface area contributed by atoms with Crippen LogP contribution in [0.1, 0.15) is 29.8 Å². The fourth-order valence-electron chi connectivity index (χ4n) is 3.63. The topological polar surface area (TPSA) is 81.1 Å². The number of carbonyl (C=O) groups excluding carboxylic acids is 1. The summed E-state index contributed by atoms with van der Waals surface area (Å²) in [6.07, 6.45) is 2.13. The molecule has 1 atom stereocenters. The van der Waals surface area contributed by atoms with Gasteiger partial charge in [-0.05, 0) is 74.2 Å². The van der Waals surface area contributed by atoms with Crippen LogP contribution >= 0.6 is 11.8 Å². The minimum Gasteiger partial charge on any atom is -0.378 e. The molecule has 0 spiro atoms. The quantitative estimate of drug-likeness (QED) is 0.448. The molecule has 3 aromatic rings. The lowest BCUT2D eigenvalue weighted by Crippen LogP contribution is -2.20. The first-order chi connectivity index (χ1) is 16.0. The van der Waals surface area contributed by atoms with E-state index in [1.165, 1.54) is 29.5 Å². The zero-order chi connectivity index (χ0) is 23.2. The van der Waals surface area contributed by atoms with Gasteiger partial charge in [0.2, 0.25) is 5.91 Å². The first-order valence-corrected chi connectivity index (χ1v) is 12.0. The Labute approximate surface area is 197 Å². The molecule has 174 valence electrons. The molecule has 1 fully saturated rings. The summed E-state index contributed by atoms with van der Waals surface area (Å²) in [5, 5.41) is 15.6. The highest BCUT2D eigenvalue weighted by Crippen LogP contribution is 2.23. The van der Waals surface area contributed by atoms with Crippen LogP contribution in [-0.2, 0) is 22.6 Å². The van der Waals surface area contributed by atoms with E-state index in [1.54, 1.807) is 12.1 Å². The van der Waals surface area contributed by atoms with E-state index in [2.05, 4.69) is 20.8 Å². The summed E-state index contributed by atoms with van der Waals surface area (Å²) in [4.78, 5) is 12.5. The zero-order valence-corrected chi connectivity index (χ0v) is 19.6. The maximum atomic E-state index is 13.2. The molecule has 1 aliphatic rings. The van der Waals surface area contributed by atoms with E-state index in [-0.39, 0.29) is 23.6 Å². The van der Waals surface area contributed by atoms with Gasteiger partial charge in [0.1, 0.15) is 5.82 Å². The Morgan fingerprint density at radius 3 is 2.67 bits per heavy atom. The molecule has 0 saturated carbocycles. The zero-order valence-electron chi connectivity index (χ0n) is 18.8. The van der Waals surface area contributed by atoms with Crippen LogP contribution in [-0.4, -0.2) is 39.1 Å². The molecule has 9 heteroatoms. The van der Waals surface area contributed by atoms with Gasteiger partial charge in [0.25, 0.3) is 0 Å². The van der Waals surface area contributed by atoms with Crippen LogP contribution in [0.5, 0.6) is 0 Å². The minimum absolute atomic E-state index is 0.0964. The number of anilines is 2. The van der Waals surface area contributed by atoms with Crippen molar-refractivity contribution in [3.63, 3.8) is 0 Å². The van der Waals surface area contributed by atoms with Crippen molar-refractivity contribution in [2.24, 2.45) is 0 Å². The van der Waals surface area contributed by atoms with Crippen molar-refractivity contribution in [1.29, 1.82) is 0 Å². The molecule has 1 saturated heterocycles. The number of aromatic nitrogens is 3. The molecule has 1 aromatic heterocycles. The average Bonchev–Trinajstić information content (AvgIpc) is 3.45. The molecule has 1 amide bonds. The second-order valence-corrected chi connectivity index (χ2v) is 9.08. The van der Waals surface area contributed by atoms with Gasteiger partial charge in [0, 0.05) is 18.0 Å².